The van der Waals surface area contributed by atoms with Crippen molar-refractivity contribution in [3.05, 3.63) is 23.6 Å². The molecule has 0 radical (unpaired) electrons. The molecular weight excluding hydrogens is 352 g/mol. The van der Waals surface area contributed by atoms with Gasteiger partial charge < -0.3 is 14.2 Å². The Kier molecular flexibility index (Phi) is 5.08. The van der Waals surface area contributed by atoms with Crippen LogP contribution in [-0.2, 0) is 9.53 Å². The van der Waals surface area contributed by atoms with Crippen molar-refractivity contribution in [3.8, 4) is 22.8 Å². The van der Waals surface area contributed by atoms with Crippen molar-refractivity contribution in [2.45, 2.75) is 38.7 Å². The van der Waals surface area contributed by atoms with E-state index in [9.17, 15) is 4.79 Å². The Morgan fingerprint density at radius 2 is 2.15 bits per heavy atom. The monoisotopic (exact) mass is 374 g/mol. The molecule has 1 aromatic heterocycles. The molecule has 0 spiro atoms. The summed E-state index contributed by atoms with van der Waals surface area (Å²) in [6, 6.07) is 5.70. The molecule has 2 atom stereocenters. The van der Waals surface area contributed by atoms with Gasteiger partial charge in [0.15, 0.2) is 16.6 Å². The van der Waals surface area contributed by atoms with E-state index in [2.05, 4.69) is 17.2 Å². The van der Waals surface area contributed by atoms with Crippen LogP contribution in [0.4, 0.5) is 5.13 Å². The van der Waals surface area contributed by atoms with Crippen LogP contribution >= 0.6 is 11.3 Å². The van der Waals surface area contributed by atoms with Crippen molar-refractivity contribution in [3.63, 3.8) is 0 Å². The Balaban J connectivity index is 1.34. The summed E-state index contributed by atoms with van der Waals surface area (Å²) in [7, 11) is 0. The lowest BCUT2D eigenvalue weighted by atomic mass is 9.88. The molecular formula is C19H22N2O4S. The normalized spacial score (nSPS) is 21.6. The van der Waals surface area contributed by atoms with E-state index in [1.54, 1.807) is 0 Å². The van der Waals surface area contributed by atoms with Crippen LogP contribution < -0.4 is 14.8 Å². The Morgan fingerprint density at radius 3 is 3.04 bits per heavy atom. The van der Waals surface area contributed by atoms with E-state index in [0.717, 1.165) is 29.2 Å². The minimum Gasteiger partial charge on any atom is -0.454 e. The second-order valence-corrected chi connectivity index (χ2v) is 7.62. The predicted molar refractivity (Wildman–Crippen MR) is 99.7 cm³/mol. The maximum Gasteiger partial charge on any atom is 0.252 e. The van der Waals surface area contributed by atoms with Crippen LogP contribution in [0, 0.1) is 5.92 Å². The summed E-state index contributed by atoms with van der Waals surface area (Å²) < 4.78 is 16.5. The number of amides is 1. The first-order chi connectivity index (χ1) is 12.7. The van der Waals surface area contributed by atoms with Crippen LogP contribution in [0.3, 0.4) is 0 Å². The molecule has 1 aliphatic heterocycles. The molecule has 4 rings (SSSR count). The smallest absolute Gasteiger partial charge is 0.252 e. The van der Waals surface area contributed by atoms with E-state index in [4.69, 9.17) is 14.2 Å². The lowest BCUT2D eigenvalue weighted by Crippen LogP contribution is -2.29. The van der Waals surface area contributed by atoms with Crippen molar-refractivity contribution < 1.29 is 19.0 Å². The summed E-state index contributed by atoms with van der Waals surface area (Å²) in [5.74, 6) is 1.83. The zero-order valence-electron chi connectivity index (χ0n) is 14.7. The summed E-state index contributed by atoms with van der Waals surface area (Å²) in [6.07, 6.45) is 4.85. The molecule has 1 N–H and O–H groups in total. The van der Waals surface area contributed by atoms with Crippen molar-refractivity contribution in [1.29, 1.82) is 0 Å². The lowest BCUT2D eigenvalue weighted by molar-refractivity contribution is -0.124. The summed E-state index contributed by atoms with van der Waals surface area (Å²) >= 11 is 1.40. The zero-order valence-corrected chi connectivity index (χ0v) is 15.5. The molecule has 0 bridgehead atoms. The van der Waals surface area contributed by atoms with Crippen molar-refractivity contribution in [1.82, 2.24) is 4.98 Å². The van der Waals surface area contributed by atoms with Crippen molar-refractivity contribution >= 4 is 22.4 Å². The number of nitrogens with one attached hydrogen (secondary N) is 1. The average Bonchev–Trinajstić information content (AvgIpc) is 3.29. The van der Waals surface area contributed by atoms with E-state index in [0.29, 0.717) is 11.0 Å². The van der Waals surface area contributed by atoms with Gasteiger partial charge in [0, 0.05) is 10.9 Å². The van der Waals surface area contributed by atoms with Crippen LogP contribution in [0.2, 0.25) is 0 Å². The van der Waals surface area contributed by atoms with Gasteiger partial charge in [0.05, 0.1) is 11.8 Å². The Bertz CT molecular complexity index is 792. The number of anilines is 1. The SMILES string of the molecule is CC1CCCCC1OCC(=O)Nc1nc(-c2ccc3c(c2)OCO3)cs1. The second kappa shape index (κ2) is 7.63. The highest BCUT2D eigenvalue weighted by atomic mass is 32.1. The Hall–Kier alpha value is -2.12. The van der Waals surface area contributed by atoms with Crippen LogP contribution in [0.5, 0.6) is 11.5 Å². The minimum absolute atomic E-state index is 0.0773. The van der Waals surface area contributed by atoms with Crippen LogP contribution in [0.25, 0.3) is 11.3 Å². The molecule has 1 aliphatic carbocycles. The largest absolute Gasteiger partial charge is 0.454 e. The van der Waals surface area contributed by atoms with Gasteiger partial charge >= 0.3 is 0 Å². The van der Waals surface area contributed by atoms with E-state index in [1.807, 2.05) is 23.6 Å². The fourth-order valence-electron chi connectivity index (χ4n) is 3.39. The fraction of sp³-hybridized carbons (Fsp3) is 0.474. The molecule has 1 amide bonds. The first-order valence-electron chi connectivity index (χ1n) is 8.96. The summed E-state index contributed by atoms with van der Waals surface area (Å²) in [4.78, 5) is 16.6. The van der Waals surface area contributed by atoms with Gasteiger partial charge in [0.25, 0.3) is 5.91 Å². The number of aromatic nitrogens is 1. The minimum atomic E-state index is -0.158. The molecule has 0 saturated heterocycles. The number of benzene rings is 1. The molecule has 138 valence electrons. The lowest BCUT2D eigenvalue weighted by Gasteiger charge is -2.28. The number of thiazole rings is 1. The van der Waals surface area contributed by atoms with Gasteiger partial charge in [0.1, 0.15) is 6.61 Å². The maximum absolute atomic E-state index is 12.2. The zero-order chi connectivity index (χ0) is 17.9. The van der Waals surface area contributed by atoms with Gasteiger partial charge in [-0.25, -0.2) is 4.98 Å². The molecule has 2 aromatic rings. The molecule has 2 unspecified atom stereocenters. The van der Waals surface area contributed by atoms with E-state index in [-0.39, 0.29) is 25.4 Å². The molecule has 26 heavy (non-hydrogen) atoms. The number of nitrogens with zero attached hydrogens (tertiary/aromatic N) is 1. The molecule has 1 fully saturated rings. The number of ether oxygens (including phenoxy) is 3. The summed E-state index contributed by atoms with van der Waals surface area (Å²) in [6.45, 7) is 2.52. The van der Waals surface area contributed by atoms with Crippen LogP contribution in [0.15, 0.2) is 23.6 Å². The predicted octanol–water partition coefficient (Wildman–Crippen LogP) is 4.07. The average molecular weight is 374 g/mol. The van der Waals surface area contributed by atoms with Gasteiger partial charge in [-0.05, 0) is 37.0 Å². The third-order valence-corrected chi connectivity index (χ3v) is 5.64. The standard InChI is InChI=1S/C19H22N2O4S/c1-12-4-2-3-5-15(12)23-9-18(22)21-19-20-14(10-26-19)13-6-7-16-17(8-13)25-11-24-16/h6-8,10,12,15H,2-5,9,11H2,1H3,(H,20,21,22). The molecule has 2 heterocycles. The number of carbonyl (C=O) groups is 1. The number of rotatable bonds is 5. The van der Waals surface area contributed by atoms with Crippen LogP contribution in [-0.4, -0.2) is 30.4 Å². The molecule has 7 heteroatoms. The van der Waals surface area contributed by atoms with E-state index < -0.39 is 0 Å². The quantitative estimate of drug-likeness (QED) is 0.854. The highest BCUT2D eigenvalue weighted by molar-refractivity contribution is 7.14. The molecule has 6 nitrogen and oxygen atoms in total. The van der Waals surface area contributed by atoms with Crippen molar-refractivity contribution in [2.24, 2.45) is 5.92 Å². The van der Waals surface area contributed by atoms with Gasteiger partial charge in [-0.2, -0.15) is 0 Å². The second-order valence-electron chi connectivity index (χ2n) is 6.77. The van der Waals surface area contributed by atoms with E-state index >= 15 is 0 Å². The topological polar surface area (TPSA) is 69.7 Å². The molecule has 1 aromatic carbocycles. The Morgan fingerprint density at radius 1 is 1.31 bits per heavy atom. The first kappa shape index (κ1) is 17.3. The molecule has 1 saturated carbocycles. The number of carbonyl (C=O) groups excluding carboxylic acids is 1. The summed E-state index contributed by atoms with van der Waals surface area (Å²) in [5, 5.41) is 5.31. The summed E-state index contributed by atoms with van der Waals surface area (Å²) in [5.41, 5.74) is 1.73. The number of fused-ring (bicyclic) bond motifs is 1. The van der Waals surface area contributed by atoms with Gasteiger partial charge in [-0.3, -0.25) is 10.1 Å². The third-order valence-electron chi connectivity index (χ3n) is 4.88. The highest BCUT2D eigenvalue weighted by Gasteiger charge is 2.23. The number of hydrogen-bond donors (Lipinski definition) is 1. The molecule has 2 aliphatic rings. The van der Waals surface area contributed by atoms with E-state index in [1.165, 1.54) is 30.6 Å². The van der Waals surface area contributed by atoms with Gasteiger partial charge in [-0.1, -0.05) is 19.8 Å². The third kappa shape index (κ3) is 3.83. The van der Waals surface area contributed by atoms with Crippen molar-refractivity contribution in [2.75, 3.05) is 18.7 Å². The highest BCUT2D eigenvalue weighted by Crippen LogP contribution is 2.36. The number of hydrogen-bond acceptors (Lipinski definition) is 6. The Labute approximate surface area is 156 Å². The van der Waals surface area contributed by atoms with Gasteiger partial charge in [0.2, 0.25) is 6.79 Å². The maximum atomic E-state index is 12.2. The van der Waals surface area contributed by atoms with Gasteiger partial charge in [-0.15, -0.1) is 11.3 Å². The van der Waals surface area contributed by atoms with Crippen LogP contribution in [0.1, 0.15) is 32.6 Å². The fourth-order valence-corrected chi connectivity index (χ4v) is 4.12. The first-order valence-corrected chi connectivity index (χ1v) is 9.84.